The summed E-state index contributed by atoms with van der Waals surface area (Å²) >= 11 is 0. The smallest absolute Gasteiger partial charge is 0.245 e. The molecule has 2 aliphatic heterocycles. The minimum Gasteiger partial charge on any atom is -0.370 e. The number of rotatable bonds is 3. The van der Waals surface area contributed by atoms with Crippen LogP contribution in [0.5, 0.6) is 0 Å². The maximum atomic E-state index is 12.7. The van der Waals surface area contributed by atoms with Gasteiger partial charge in [-0.15, -0.1) is 0 Å². The van der Waals surface area contributed by atoms with Crippen molar-refractivity contribution in [2.24, 2.45) is 0 Å². The summed E-state index contributed by atoms with van der Waals surface area (Å²) in [6.07, 6.45) is 1.66. The lowest BCUT2D eigenvalue weighted by atomic mass is 9.85. The van der Waals surface area contributed by atoms with Gasteiger partial charge in [0.2, 0.25) is 11.8 Å². The van der Waals surface area contributed by atoms with Crippen LogP contribution < -0.4 is 0 Å². The highest BCUT2D eigenvalue weighted by molar-refractivity contribution is 5.88. The molecule has 2 fully saturated rings. The number of amides is 2. The van der Waals surface area contributed by atoms with Gasteiger partial charge in [-0.3, -0.25) is 9.59 Å². The Bertz CT molecular complexity index is 567. The second-order valence-corrected chi connectivity index (χ2v) is 6.13. The van der Waals surface area contributed by atoms with Crippen LogP contribution in [-0.4, -0.2) is 54.4 Å². The van der Waals surface area contributed by atoms with Crippen LogP contribution in [0, 0.1) is 0 Å². The van der Waals surface area contributed by atoms with Crippen LogP contribution in [0.15, 0.2) is 30.3 Å². The molecular formula is C17H22N2O3. The maximum absolute atomic E-state index is 12.7. The fourth-order valence-electron chi connectivity index (χ4n) is 3.51. The van der Waals surface area contributed by atoms with Crippen molar-refractivity contribution in [2.75, 3.05) is 26.7 Å². The first kappa shape index (κ1) is 15.0. The molecule has 5 heteroatoms. The monoisotopic (exact) mass is 302 g/mol. The van der Waals surface area contributed by atoms with Crippen LogP contribution in [0.2, 0.25) is 0 Å². The van der Waals surface area contributed by atoms with E-state index in [4.69, 9.17) is 4.74 Å². The van der Waals surface area contributed by atoms with Gasteiger partial charge in [0.25, 0.3) is 0 Å². The summed E-state index contributed by atoms with van der Waals surface area (Å²) in [5.74, 6) is 0.0359. The standard InChI is InChI=1S/C17H22N2O3/c1-13(20)19-10-6-9-15(19)16(21)18-11-17(12-18,22-2)14-7-4-3-5-8-14/h3-5,7-8,15H,6,9-12H2,1-2H3. The van der Waals surface area contributed by atoms with Crippen molar-refractivity contribution in [1.82, 2.24) is 9.80 Å². The zero-order chi connectivity index (χ0) is 15.7. The average molecular weight is 302 g/mol. The Morgan fingerprint density at radius 2 is 1.91 bits per heavy atom. The van der Waals surface area contributed by atoms with E-state index in [1.807, 2.05) is 35.2 Å². The second-order valence-electron chi connectivity index (χ2n) is 6.13. The van der Waals surface area contributed by atoms with E-state index >= 15 is 0 Å². The van der Waals surface area contributed by atoms with E-state index in [1.54, 1.807) is 12.0 Å². The van der Waals surface area contributed by atoms with Gasteiger partial charge in [0, 0.05) is 20.6 Å². The molecule has 1 aromatic carbocycles. The molecule has 0 saturated carbocycles. The molecule has 2 amide bonds. The molecular weight excluding hydrogens is 280 g/mol. The zero-order valence-electron chi connectivity index (χ0n) is 13.1. The molecule has 118 valence electrons. The summed E-state index contributed by atoms with van der Waals surface area (Å²) in [5, 5.41) is 0. The first-order valence-corrected chi connectivity index (χ1v) is 7.74. The van der Waals surface area contributed by atoms with Crippen molar-refractivity contribution < 1.29 is 14.3 Å². The van der Waals surface area contributed by atoms with Gasteiger partial charge in [0.05, 0.1) is 13.1 Å². The lowest BCUT2D eigenvalue weighted by Crippen LogP contribution is -2.65. The minimum atomic E-state index is -0.406. The third kappa shape index (κ3) is 2.39. The van der Waals surface area contributed by atoms with E-state index in [2.05, 4.69) is 0 Å². The molecule has 5 nitrogen and oxygen atoms in total. The Labute approximate surface area is 130 Å². The lowest BCUT2D eigenvalue weighted by Gasteiger charge is -2.50. The Balaban J connectivity index is 1.69. The first-order valence-electron chi connectivity index (χ1n) is 7.74. The van der Waals surface area contributed by atoms with Crippen molar-refractivity contribution in [1.29, 1.82) is 0 Å². The fraction of sp³-hybridized carbons (Fsp3) is 0.529. The van der Waals surface area contributed by atoms with E-state index in [0.29, 0.717) is 19.6 Å². The Hall–Kier alpha value is -1.88. The number of hydrogen-bond donors (Lipinski definition) is 0. The van der Waals surface area contributed by atoms with Crippen LogP contribution in [0.1, 0.15) is 25.3 Å². The summed E-state index contributed by atoms with van der Waals surface area (Å²) in [6, 6.07) is 9.70. The maximum Gasteiger partial charge on any atom is 0.245 e. The molecule has 3 rings (SSSR count). The fourth-order valence-corrected chi connectivity index (χ4v) is 3.51. The number of carbonyl (C=O) groups excluding carboxylic acids is 2. The van der Waals surface area contributed by atoms with Gasteiger partial charge in [-0.25, -0.2) is 0 Å². The number of methoxy groups -OCH3 is 1. The van der Waals surface area contributed by atoms with E-state index in [1.165, 1.54) is 6.92 Å². The van der Waals surface area contributed by atoms with Crippen LogP contribution in [-0.2, 0) is 19.9 Å². The predicted molar refractivity (Wildman–Crippen MR) is 82.1 cm³/mol. The summed E-state index contributed by atoms with van der Waals surface area (Å²) in [4.78, 5) is 27.8. The predicted octanol–water partition coefficient (Wildman–Crippen LogP) is 1.38. The second kappa shape index (κ2) is 5.72. The number of hydrogen-bond acceptors (Lipinski definition) is 3. The number of likely N-dealkylation sites (tertiary alicyclic amines) is 2. The Morgan fingerprint density at radius 3 is 2.50 bits per heavy atom. The molecule has 0 N–H and O–H groups in total. The van der Waals surface area contributed by atoms with Gasteiger partial charge in [-0.05, 0) is 18.4 Å². The van der Waals surface area contributed by atoms with Crippen LogP contribution in [0.4, 0.5) is 0 Å². The summed E-state index contributed by atoms with van der Waals surface area (Å²) in [7, 11) is 1.69. The third-order valence-corrected chi connectivity index (χ3v) is 4.84. The van der Waals surface area contributed by atoms with Crippen LogP contribution in [0.25, 0.3) is 0 Å². The summed E-state index contributed by atoms with van der Waals surface area (Å²) in [5.41, 5.74) is 0.688. The topological polar surface area (TPSA) is 49.9 Å². The van der Waals surface area contributed by atoms with Crippen LogP contribution in [0.3, 0.4) is 0 Å². The highest BCUT2D eigenvalue weighted by Crippen LogP contribution is 2.36. The molecule has 22 heavy (non-hydrogen) atoms. The molecule has 0 spiro atoms. The molecule has 2 heterocycles. The molecule has 1 atom stereocenters. The highest BCUT2D eigenvalue weighted by Gasteiger charge is 2.49. The van der Waals surface area contributed by atoms with E-state index in [0.717, 1.165) is 18.4 Å². The number of carbonyl (C=O) groups is 2. The molecule has 2 saturated heterocycles. The van der Waals surface area contributed by atoms with E-state index in [9.17, 15) is 9.59 Å². The first-order chi connectivity index (χ1) is 10.6. The average Bonchev–Trinajstić information content (AvgIpc) is 2.97. The summed E-state index contributed by atoms with van der Waals surface area (Å²) in [6.45, 7) is 3.32. The highest BCUT2D eigenvalue weighted by atomic mass is 16.5. The largest absolute Gasteiger partial charge is 0.370 e. The molecule has 0 radical (unpaired) electrons. The molecule has 0 aromatic heterocycles. The van der Waals surface area contributed by atoms with Crippen molar-refractivity contribution in [3.8, 4) is 0 Å². The Kier molecular flexibility index (Phi) is 3.91. The van der Waals surface area contributed by atoms with E-state index in [-0.39, 0.29) is 17.9 Å². The summed E-state index contributed by atoms with van der Waals surface area (Å²) < 4.78 is 5.70. The van der Waals surface area contributed by atoms with Crippen molar-refractivity contribution in [3.63, 3.8) is 0 Å². The van der Waals surface area contributed by atoms with Gasteiger partial charge in [-0.2, -0.15) is 0 Å². The van der Waals surface area contributed by atoms with Crippen molar-refractivity contribution >= 4 is 11.8 Å². The van der Waals surface area contributed by atoms with Gasteiger partial charge < -0.3 is 14.5 Å². The lowest BCUT2D eigenvalue weighted by molar-refractivity contribution is -0.170. The van der Waals surface area contributed by atoms with Crippen molar-refractivity contribution in [3.05, 3.63) is 35.9 Å². The van der Waals surface area contributed by atoms with Crippen LogP contribution >= 0.6 is 0 Å². The number of ether oxygens (including phenoxy) is 1. The molecule has 1 aromatic rings. The third-order valence-electron chi connectivity index (χ3n) is 4.84. The van der Waals surface area contributed by atoms with Gasteiger partial charge in [0.1, 0.15) is 11.6 Å². The number of nitrogens with zero attached hydrogens (tertiary/aromatic N) is 2. The van der Waals surface area contributed by atoms with E-state index < -0.39 is 5.60 Å². The SMILES string of the molecule is COC1(c2ccccc2)CN(C(=O)C2CCCN2C(C)=O)C1. The molecule has 0 bridgehead atoms. The zero-order valence-corrected chi connectivity index (χ0v) is 13.1. The van der Waals surface area contributed by atoms with Gasteiger partial charge >= 0.3 is 0 Å². The molecule has 0 aliphatic carbocycles. The number of benzene rings is 1. The molecule has 2 aliphatic rings. The minimum absolute atomic E-state index is 0.0163. The quantitative estimate of drug-likeness (QED) is 0.847. The van der Waals surface area contributed by atoms with Gasteiger partial charge in [-0.1, -0.05) is 30.3 Å². The normalized spacial score (nSPS) is 23.3. The molecule has 1 unspecified atom stereocenters. The van der Waals surface area contributed by atoms with Crippen molar-refractivity contribution in [2.45, 2.75) is 31.4 Å². The Morgan fingerprint density at radius 1 is 1.23 bits per heavy atom. The van der Waals surface area contributed by atoms with Gasteiger partial charge in [0.15, 0.2) is 0 Å².